The number of benzene rings is 2. The normalized spacial score (nSPS) is 22.0. The second kappa shape index (κ2) is 11.7. The van der Waals surface area contributed by atoms with Crippen LogP contribution in [0.1, 0.15) is 55.2 Å². The molecule has 0 radical (unpaired) electrons. The number of pyridine rings is 1. The summed E-state index contributed by atoms with van der Waals surface area (Å²) < 4.78 is 14.7. The van der Waals surface area contributed by atoms with Gasteiger partial charge in [0.1, 0.15) is 0 Å². The number of carbonyl (C=O) groups is 3. The highest BCUT2D eigenvalue weighted by Crippen LogP contribution is 2.36. The molecule has 42 heavy (non-hydrogen) atoms. The van der Waals surface area contributed by atoms with Crippen molar-refractivity contribution in [2.24, 2.45) is 16.3 Å². The summed E-state index contributed by atoms with van der Waals surface area (Å²) in [6.07, 6.45) is 3.15. The summed E-state index contributed by atoms with van der Waals surface area (Å²) in [7, 11) is 0. The SMILES string of the molecule is CC1CCCC(NC(=O)C2N=NN(c3cccc(Cl)c3F)C2C)c2cc(ccn2)-c2cc(C(=O)O)c(N)cc2NC1=O. The van der Waals surface area contributed by atoms with Crippen LogP contribution in [0.4, 0.5) is 21.5 Å². The summed E-state index contributed by atoms with van der Waals surface area (Å²) in [6, 6.07) is 8.74. The molecule has 3 heterocycles. The topological polar surface area (TPSA) is 162 Å². The minimum atomic E-state index is -1.20. The van der Waals surface area contributed by atoms with Crippen LogP contribution < -0.4 is 21.4 Å². The average Bonchev–Trinajstić information content (AvgIpc) is 3.34. The summed E-state index contributed by atoms with van der Waals surface area (Å²) in [5, 5.41) is 25.0. The van der Waals surface area contributed by atoms with Gasteiger partial charge in [0.25, 0.3) is 0 Å². The summed E-state index contributed by atoms with van der Waals surface area (Å²) in [5.41, 5.74) is 7.98. The first-order valence-electron chi connectivity index (χ1n) is 13.4. The van der Waals surface area contributed by atoms with E-state index in [2.05, 4.69) is 26.0 Å². The molecule has 3 aromatic rings. The Bertz CT molecular complexity index is 1600. The number of rotatable bonds is 4. The lowest BCUT2D eigenvalue weighted by Gasteiger charge is -2.25. The quantitative estimate of drug-likeness (QED) is 0.295. The molecule has 0 fully saturated rings. The maximum absolute atomic E-state index is 14.7. The molecule has 2 aliphatic heterocycles. The summed E-state index contributed by atoms with van der Waals surface area (Å²) in [5.74, 6) is -2.88. The molecule has 0 aliphatic carbocycles. The van der Waals surface area contributed by atoms with Crippen LogP contribution in [0.2, 0.25) is 5.02 Å². The molecule has 2 amide bonds. The number of aromatic carboxylic acids is 1. The van der Waals surface area contributed by atoms with Gasteiger partial charge in [-0.2, -0.15) is 5.11 Å². The van der Waals surface area contributed by atoms with Gasteiger partial charge in [-0.3, -0.25) is 14.6 Å². The van der Waals surface area contributed by atoms with E-state index >= 15 is 0 Å². The number of anilines is 3. The Hall–Kier alpha value is -4.58. The van der Waals surface area contributed by atoms with Crippen LogP contribution in [-0.4, -0.2) is 40.0 Å². The van der Waals surface area contributed by atoms with E-state index in [1.54, 1.807) is 38.2 Å². The van der Waals surface area contributed by atoms with E-state index in [9.17, 15) is 23.9 Å². The largest absolute Gasteiger partial charge is 0.478 e. The van der Waals surface area contributed by atoms with Gasteiger partial charge in [0.2, 0.25) is 11.8 Å². The predicted octanol–water partition coefficient (Wildman–Crippen LogP) is 5.38. The fourth-order valence-corrected chi connectivity index (χ4v) is 5.32. The zero-order valence-corrected chi connectivity index (χ0v) is 23.6. The fourth-order valence-electron chi connectivity index (χ4n) is 5.15. The number of hydrogen-bond acceptors (Lipinski definition) is 8. The monoisotopic (exact) mass is 593 g/mol. The lowest BCUT2D eigenvalue weighted by atomic mass is 9.94. The van der Waals surface area contributed by atoms with E-state index in [0.29, 0.717) is 41.8 Å². The molecule has 2 aromatic carbocycles. The third kappa shape index (κ3) is 5.62. The van der Waals surface area contributed by atoms with E-state index in [1.807, 2.05) is 0 Å². The lowest BCUT2D eigenvalue weighted by Crippen LogP contribution is -2.44. The van der Waals surface area contributed by atoms with Gasteiger partial charge in [-0.15, -0.1) is 0 Å². The molecule has 4 atom stereocenters. The molecule has 218 valence electrons. The van der Waals surface area contributed by atoms with Gasteiger partial charge < -0.3 is 21.5 Å². The maximum atomic E-state index is 14.7. The second-order valence-electron chi connectivity index (χ2n) is 10.4. The molecule has 0 saturated carbocycles. The number of aromatic nitrogens is 1. The van der Waals surface area contributed by atoms with E-state index in [1.165, 1.54) is 29.3 Å². The Morgan fingerprint density at radius 2 is 1.98 bits per heavy atom. The smallest absolute Gasteiger partial charge is 0.337 e. The van der Waals surface area contributed by atoms with Crippen LogP contribution in [0.25, 0.3) is 11.1 Å². The first-order valence-corrected chi connectivity index (χ1v) is 13.8. The molecular weight excluding hydrogens is 565 g/mol. The van der Waals surface area contributed by atoms with Gasteiger partial charge in [0.05, 0.1) is 39.7 Å². The van der Waals surface area contributed by atoms with Crippen molar-refractivity contribution in [2.75, 3.05) is 16.1 Å². The number of hydrogen-bond donors (Lipinski definition) is 4. The van der Waals surface area contributed by atoms with Crippen molar-refractivity contribution in [1.82, 2.24) is 10.3 Å². The Kier molecular flexibility index (Phi) is 8.08. The van der Waals surface area contributed by atoms with Crippen molar-refractivity contribution < 1.29 is 23.9 Å². The van der Waals surface area contributed by atoms with Crippen LogP contribution in [-0.2, 0) is 9.59 Å². The van der Waals surface area contributed by atoms with Gasteiger partial charge in [0.15, 0.2) is 11.9 Å². The van der Waals surface area contributed by atoms with E-state index in [-0.39, 0.29) is 33.8 Å². The number of nitrogen functional groups attached to an aromatic ring is 1. The van der Waals surface area contributed by atoms with Gasteiger partial charge in [-0.1, -0.05) is 36.2 Å². The standard InChI is InChI=1S/C29H29ClFN7O4/c1-14-5-3-7-21(34-28(40)26-15(2)38(37-36-26)24-8-4-6-19(30)25(24)31)23-11-16(9-10-33-23)17-12-18(29(41)42)20(32)13-22(17)35-27(14)39/h4,6,8-15,21,26H,3,5,7,32H2,1-2H3,(H,34,40)(H,35,39)(H,41,42). The Balaban J connectivity index is 1.46. The van der Waals surface area contributed by atoms with Crippen LogP contribution in [0.3, 0.4) is 0 Å². The van der Waals surface area contributed by atoms with E-state index < -0.39 is 35.8 Å². The van der Waals surface area contributed by atoms with Crippen molar-refractivity contribution in [3.8, 4) is 11.1 Å². The zero-order chi connectivity index (χ0) is 30.1. The summed E-state index contributed by atoms with van der Waals surface area (Å²) in [6.45, 7) is 3.51. The molecule has 1 aromatic heterocycles. The molecule has 5 N–H and O–H groups in total. The van der Waals surface area contributed by atoms with Gasteiger partial charge in [-0.25, -0.2) is 14.2 Å². The number of carboxylic acid groups (broad SMARTS) is 1. The first kappa shape index (κ1) is 28.9. The second-order valence-corrected chi connectivity index (χ2v) is 10.9. The first-order chi connectivity index (χ1) is 20.0. The van der Waals surface area contributed by atoms with Crippen molar-refractivity contribution in [1.29, 1.82) is 0 Å². The Morgan fingerprint density at radius 1 is 1.19 bits per heavy atom. The maximum Gasteiger partial charge on any atom is 0.337 e. The van der Waals surface area contributed by atoms with Crippen molar-refractivity contribution in [3.63, 3.8) is 0 Å². The van der Waals surface area contributed by atoms with Gasteiger partial charge in [0, 0.05) is 23.4 Å². The number of amides is 2. The zero-order valence-electron chi connectivity index (χ0n) is 22.8. The molecule has 13 heteroatoms. The minimum Gasteiger partial charge on any atom is -0.478 e. The molecule has 11 nitrogen and oxygen atoms in total. The lowest BCUT2D eigenvalue weighted by molar-refractivity contribution is -0.123. The summed E-state index contributed by atoms with van der Waals surface area (Å²) >= 11 is 5.94. The highest BCUT2D eigenvalue weighted by Gasteiger charge is 2.37. The molecule has 2 aliphatic rings. The number of carbonyl (C=O) groups excluding carboxylic acids is 2. The number of fused-ring (bicyclic) bond motifs is 4. The number of nitrogens with zero attached hydrogens (tertiary/aromatic N) is 4. The highest BCUT2D eigenvalue weighted by molar-refractivity contribution is 6.31. The van der Waals surface area contributed by atoms with E-state index in [0.717, 1.165) is 0 Å². The van der Waals surface area contributed by atoms with Crippen molar-refractivity contribution in [2.45, 2.75) is 51.2 Å². The third-order valence-corrected chi connectivity index (χ3v) is 7.87. The summed E-state index contributed by atoms with van der Waals surface area (Å²) in [4.78, 5) is 42.8. The van der Waals surface area contributed by atoms with Crippen molar-refractivity contribution >= 4 is 46.4 Å². The number of nitrogens with two attached hydrogens (primary N) is 1. The molecule has 2 bridgehead atoms. The molecule has 5 rings (SSSR count). The molecular formula is C29H29ClFN7O4. The minimum absolute atomic E-state index is 0.0206. The van der Waals surface area contributed by atoms with Crippen LogP contribution in [0.15, 0.2) is 59.0 Å². The Morgan fingerprint density at radius 3 is 2.74 bits per heavy atom. The van der Waals surface area contributed by atoms with Crippen LogP contribution >= 0.6 is 11.6 Å². The fraction of sp³-hybridized carbons (Fsp3) is 0.310. The number of carboxylic acids is 1. The van der Waals surface area contributed by atoms with Gasteiger partial charge >= 0.3 is 5.97 Å². The average molecular weight is 594 g/mol. The van der Waals surface area contributed by atoms with Gasteiger partial charge in [-0.05, 0) is 61.7 Å². The number of halogens is 2. The number of nitrogens with one attached hydrogen (secondary N) is 2. The van der Waals surface area contributed by atoms with Crippen LogP contribution in [0, 0.1) is 11.7 Å². The predicted molar refractivity (Wildman–Crippen MR) is 156 cm³/mol. The van der Waals surface area contributed by atoms with Crippen molar-refractivity contribution in [3.05, 3.63) is 70.8 Å². The highest BCUT2D eigenvalue weighted by atomic mass is 35.5. The molecule has 0 saturated heterocycles. The third-order valence-electron chi connectivity index (χ3n) is 7.58. The molecule has 0 spiro atoms. The molecule has 4 unspecified atom stereocenters. The Labute approximate surface area is 245 Å². The van der Waals surface area contributed by atoms with Crippen LogP contribution in [0.5, 0.6) is 0 Å². The van der Waals surface area contributed by atoms with E-state index in [4.69, 9.17) is 17.3 Å².